The van der Waals surface area contributed by atoms with E-state index >= 15 is 0 Å². The summed E-state index contributed by atoms with van der Waals surface area (Å²) in [6.45, 7) is 0. The largest absolute Gasteiger partial charge is 0.300 e. The van der Waals surface area contributed by atoms with Crippen molar-refractivity contribution >= 4 is 16.5 Å². The zero-order chi connectivity index (χ0) is 4.12. The Morgan fingerprint density at radius 1 is 1.80 bits per heavy atom. The molecule has 0 aromatic rings. The van der Waals surface area contributed by atoms with E-state index in [9.17, 15) is 0 Å². The summed E-state index contributed by atoms with van der Waals surface area (Å²) in [4.78, 5) is 0. The summed E-state index contributed by atoms with van der Waals surface area (Å²) >= 11 is 0. The van der Waals surface area contributed by atoms with Gasteiger partial charge >= 0.3 is 0 Å². The first-order valence-corrected chi connectivity index (χ1v) is 2.33. The molecule has 0 aliphatic heterocycles. The van der Waals surface area contributed by atoms with Crippen molar-refractivity contribution < 1.29 is 0 Å². The Morgan fingerprint density at radius 2 is 2.40 bits per heavy atom. The van der Waals surface area contributed by atoms with Crippen molar-refractivity contribution in [2.24, 2.45) is 0 Å². The van der Waals surface area contributed by atoms with E-state index in [0.717, 1.165) is 16.5 Å². The highest BCUT2D eigenvalue weighted by Gasteiger charge is 1.38. The average molecular weight is 83.2 g/mol. The molecule has 0 saturated carbocycles. The highest BCUT2D eigenvalue weighted by Crippen LogP contribution is 1.31. The van der Waals surface area contributed by atoms with Crippen LogP contribution >= 0.6 is 0 Å². The summed E-state index contributed by atoms with van der Waals surface area (Å²) in [5, 5.41) is 6.33. The van der Waals surface area contributed by atoms with E-state index < -0.39 is 0 Å². The van der Waals surface area contributed by atoms with Crippen molar-refractivity contribution in [1.82, 2.24) is 0 Å². The summed E-state index contributed by atoms with van der Waals surface area (Å²) in [6.07, 6.45) is 1.10. The monoisotopic (exact) mass is 83.0 g/mol. The number of hydrogen-bond donors (Lipinski definition) is 1. The summed E-state index contributed by atoms with van der Waals surface area (Å²) in [6, 6.07) is 0. The van der Waals surface area contributed by atoms with Crippen LogP contribution in [0.1, 0.15) is 0 Å². The fraction of sp³-hybridized carbons (Fsp3) is 0. The van der Waals surface area contributed by atoms with E-state index in [1.54, 1.807) is 0 Å². The Morgan fingerprint density at radius 3 is 2.40 bits per heavy atom. The van der Waals surface area contributed by atoms with Crippen molar-refractivity contribution in [2.45, 2.75) is 0 Å². The van der Waals surface area contributed by atoms with E-state index in [-0.39, 0.29) is 0 Å². The van der Waals surface area contributed by atoms with Crippen LogP contribution in [0.4, 0.5) is 0 Å². The summed E-state index contributed by atoms with van der Waals surface area (Å²) in [5.74, 6) is 2.46. The Hall–Kier alpha value is -0.553. The first-order valence-electron chi connectivity index (χ1n) is 1.33. The third-order valence-electron chi connectivity index (χ3n) is 0.217. The molecule has 0 heterocycles. The second kappa shape index (κ2) is 3.45. The number of hydrogen-bond acceptors (Lipinski definition) is 1. The van der Waals surface area contributed by atoms with Gasteiger partial charge in [-0.05, 0) is 0 Å². The molecule has 0 aliphatic carbocycles. The van der Waals surface area contributed by atoms with Gasteiger partial charge in [-0.3, -0.25) is 5.41 Å². The van der Waals surface area contributed by atoms with Gasteiger partial charge in [-0.15, -0.1) is 5.54 Å². The molecule has 0 aromatic heterocycles. The van der Waals surface area contributed by atoms with Crippen LogP contribution < -0.4 is 0 Å². The Kier molecular flexibility index (Phi) is 3.07. The SMILES string of the molecule is N=CC#C[SiH3]. The van der Waals surface area contributed by atoms with Crippen LogP contribution in [0.2, 0.25) is 0 Å². The quantitative estimate of drug-likeness (QED) is 0.220. The van der Waals surface area contributed by atoms with Crippen LogP contribution in [-0.2, 0) is 0 Å². The molecule has 0 radical (unpaired) electrons. The van der Waals surface area contributed by atoms with Gasteiger partial charge in [0, 0.05) is 0 Å². The van der Waals surface area contributed by atoms with Gasteiger partial charge in [0.1, 0.15) is 0 Å². The Bertz CT molecular complexity index is 76.6. The maximum Gasteiger partial charge on any atom is 0.0911 e. The minimum absolute atomic E-state index is 0.886. The van der Waals surface area contributed by atoms with E-state index in [1.165, 1.54) is 0 Å². The van der Waals surface area contributed by atoms with E-state index in [2.05, 4.69) is 11.5 Å². The average Bonchev–Trinajstić information content (AvgIpc) is 1.41. The zero-order valence-corrected chi connectivity index (χ0v) is 5.08. The fourth-order valence-corrected chi connectivity index (χ4v) is 0.217. The highest BCUT2D eigenvalue weighted by atomic mass is 28.1. The smallest absolute Gasteiger partial charge is 0.0911 e. The molecule has 0 amide bonds. The minimum Gasteiger partial charge on any atom is -0.300 e. The van der Waals surface area contributed by atoms with Crippen molar-refractivity contribution in [3.8, 4) is 11.5 Å². The van der Waals surface area contributed by atoms with Gasteiger partial charge in [0.05, 0.1) is 16.5 Å². The lowest BCUT2D eigenvalue weighted by Crippen LogP contribution is -1.54. The van der Waals surface area contributed by atoms with Crippen LogP contribution in [0.15, 0.2) is 0 Å². The lowest BCUT2D eigenvalue weighted by molar-refractivity contribution is 1.59. The molecule has 0 spiro atoms. The van der Waals surface area contributed by atoms with Crippen molar-refractivity contribution in [3.05, 3.63) is 0 Å². The molecule has 0 aromatic carbocycles. The van der Waals surface area contributed by atoms with Gasteiger partial charge in [0.25, 0.3) is 0 Å². The lowest BCUT2D eigenvalue weighted by atomic mass is 10.8. The predicted molar refractivity (Wildman–Crippen MR) is 26.5 cm³/mol. The lowest BCUT2D eigenvalue weighted by Gasteiger charge is -1.46. The topological polar surface area (TPSA) is 23.9 Å². The van der Waals surface area contributed by atoms with E-state index in [0.29, 0.717) is 0 Å². The van der Waals surface area contributed by atoms with Gasteiger partial charge in [0.2, 0.25) is 0 Å². The molecule has 2 heteroatoms. The molecule has 1 nitrogen and oxygen atoms in total. The Balaban J connectivity index is 3.16. The fourth-order valence-electron chi connectivity index (χ4n) is 0.0722. The molecule has 0 unspecified atom stereocenters. The first kappa shape index (κ1) is 4.45. The van der Waals surface area contributed by atoms with Crippen LogP contribution in [0, 0.1) is 16.9 Å². The summed E-state index contributed by atoms with van der Waals surface area (Å²) < 4.78 is 0. The molecule has 0 atom stereocenters. The second-order valence-corrected chi connectivity index (χ2v) is 1.04. The van der Waals surface area contributed by atoms with Crippen LogP contribution in [0.3, 0.4) is 0 Å². The molecule has 5 heavy (non-hydrogen) atoms. The predicted octanol–water partition coefficient (Wildman–Crippen LogP) is -1.04. The van der Waals surface area contributed by atoms with Crippen LogP contribution in [0.5, 0.6) is 0 Å². The molecular weight excluding hydrogens is 78.1 g/mol. The summed E-state index contributed by atoms with van der Waals surface area (Å²) in [5.41, 5.74) is 2.66. The molecule has 0 rings (SSSR count). The zero-order valence-electron chi connectivity index (χ0n) is 3.08. The van der Waals surface area contributed by atoms with Crippen molar-refractivity contribution in [3.63, 3.8) is 0 Å². The van der Waals surface area contributed by atoms with Gasteiger partial charge in [-0.25, -0.2) is 0 Å². The van der Waals surface area contributed by atoms with Gasteiger partial charge in [-0.1, -0.05) is 5.92 Å². The van der Waals surface area contributed by atoms with E-state index in [4.69, 9.17) is 5.41 Å². The molecule has 26 valence electrons. The Labute approximate surface area is 34.3 Å². The van der Waals surface area contributed by atoms with Crippen LogP contribution in [-0.4, -0.2) is 16.5 Å². The van der Waals surface area contributed by atoms with Gasteiger partial charge in [0.15, 0.2) is 0 Å². The molecular formula is C3H5NSi. The molecule has 0 fully saturated rings. The van der Waals surface area contributed by atoms with Crippen LogP contribution in [0.25, 0.3) is 0 Å². The molecule has 0 bridgehead atoms. The minimum atomic E-state index is 0.886. The molecule has 1 N–H and O–H groups in total. The van der Waals surface area contributed by atoms with Crippen molar-refractivity contribution in [1.29, 1.82) is 5.41 Å². The maximum atomic E-state index is 6.33. The van der Waals surface area contributed by atoms with Gasteiger partial charge in [-0.2, -0.15) is 0 Å². The maximum absolute atomic E-state index is 6.33. The molecule has 0 saturated heterocycles. The molecule has 0 aliphatic rings. The highest BCUT2D eigenvalue weighted by molar-refractivity contribution is 6.23. The van der Waals surface area contributed by atoms with Crippen molar-refractivity contribution in [2.75, 3.05) is 0 Å². The third-order valence-corrected chi connectivity index (χ3v) is 0.505. The van der Waals surface area contributed by atoms with Gasteiger partial charge < -0.3 is 0 Å². The number of rotatable bonds is 0. The third kappa shape index (κ3) is 3.45. The normalized spacial score (nSPS) is 4.80. The standard InChI is InChI=1S/C3H5NSi/c4-2-1-3-5/h2,4H,5H3. The second-order valence-electron chi connectivity index (χ2n) is 0.539. The van der Waals surface area contributed by atoms with E-state index in [1.807, 2.05) is 0 Å². The summed E-state index contributed by atoms with van der Waals surface area (Å²) in [7, 11) is 0.886. The number of nitrogens with one attached hydrogen (secondary N) is 1. The first-order chi connectivity index (χ1) is 2.41.